The summed E-state index contributed by atoms with van der Waals surface area (Å²) < 4.78 is 0.817. The van der Waals surface area contributed by atoms with E-state index in [2.05, 4.69) is 50.5 Å². The molecule has 3 aromatic carbocycles. The van der Waals surface area contributed by atoms with Crippen LogP contribution in [0.2, 0.25) is 0 Å². The van der Waals surface area contributed by atoms with E-state index < -0.39 is 0 Å². The highest BCUT2D eigenvalue weighted by atomic mass is 79.9. The first-order chi connectivity index (χ1) is 13.2. The fraction of sp³-hybridized carbons (Fsp3) is 0.143. The Morgan fingerprint density at radius 3 is 2.63 bits per heavy atom. The molecule has 0 aliphatic rings. The van der Waals surface area contributed by atoms with Gasteiger partial charge in [0.05, 0.1) is 11.0 Å². The van der Waals surface area contributed by atoms with E-state index in [1.165, 1.54) is 5.39 Å². The second kappa shape index (κ2) is 7.50. The highest BCUT2D eigenvalue weighted by Gasteiger charge is 2.13. The lowest BCUT2D eigenvalue weighted by molar-refractivity contribution is 0.0953. The molecule has 1 aromatic heterocycles. The van der Waals surface area contributed by atoms with Crippen molar-refractivity contribution in [1.82, 2.24) is 15.3 Å². The molecule has 27 heavy (non-hydrogen) atoms. The number of nitrogens with one attached hydrogen (secondary N) is 2. The fourth-order valence-electron chi connectivity index (χ4n) is 3.08. The largest absolute Gasteiger partial charge is 0.352 e. The Morgan fingerprint density at radius 1 is 1.11 bits per heavy atom. The minimum Gasteiger partial charge on any atom is -0.352 e. The Hall–Kier alpha value is -2.70. The first-order valence-corrected chi connectivity index (χ1v) is 9.62. The van der Waals surface area contributed by atoms with Crippen molar-refractivity contribution in [1.29, 1.82) is 0 Å². The molecule has 0 fully saturated rings. The molecule has 0 atom stereocenters. The van der Waals surface area contributed by atoms with Gasteiger partial charge >= 0.3 is 0 Å². The summed E-state index contributed by atoms with van der Waals surface area (Å²) in [6.45, 7) is 1.13. The molecule has 1 amide bonds. The number of fused-ring (bicyclic) bond motifs is 2. The first-order valence-electron chi connectivity index (χ1n) is 8.82. The van der Waals surface area contributed by atoms with E-state index >= 15 is 0 Å². The van der Waals surface area contributed by atoms with Crippen molar-refractivity contribution < 1.29 is 4.79 Å². The van der Waals surface area contributed by atoms with Gasteiger partial charge < -0.3 is 16.0 Å². The molecule has 4 aromatic rings. The Kier molecular flexibility index (Phi) is 4.92. The topological polar surface area (TPSA) is 83.8 Å². The second-order valence-corrected chi connectivity index (χ2v) is 7.25. The van der Waals surface area contributed by atoms with Crippen LogP contribution in [0.5, 0.6) is 0 Å². The third kappa shape index (κ3) is 3.59. The van der Waals surface area contributed by atoms with Gasteiger partial charge in [-0.1, -0.05) is 40.2 Å². The molecule has 0 radical (unpaired) electrons. The van der Waals surface area contributed by atoms with E-state index in [1.54, 1.807) is 0 Å². The summed E-state index contributed by atoms with van der Waals surface area (Å²) >= 11 is 3.58. The number of nitrogens with zero attached hydrogens (tertiary/aromatic N) is 1. The third-order valence-corrected chi connectivity index (χ3v) is 5.16. The van der Waals surface area contributed by atoms with Crippen LogP contribution in [0, 0.1) is 0 Å². The van der Waals surface area contributed by atoms with Gasteiger partial charge in [0, 0.05) is 22.1 Å². The summed E-state index contributed by atoms with van der Waals surface area (Å²) in [5.41, 5.74) is 8.87. The number of H-pyrrole nitrogens is 1. The number of halogens is 1. The molecule has 0 saturated heterocycles. The maximum Gasteiger partial charge on any atom is 0.251 e. The number of amides is 1. The van der Waals surface area contributed by atoms with Gasteiger partial charge in [-0.3, -0.25) is 4.79 Å². The summed E-state index contributed by atoms with van der Waals surface area (Å²) in [4.78, 5) is 20.3. The third-order valence-electron chi connectivity index (χ3n) is 4.50. The zero-order valence-corrected chi connectivity index (χ0v) is 16.2. The maximum absolute atomic E-state index is 12.2. The Labute approximate surface area is 165 Å². The van der Waals surface area contributed by atoms with Crippen molar-refractivity contribution in [2.24, 2.45) is 5.73 Å². The molecular formula is C21H19BrN4O. The molecule has 6 heteroatoms. The highest BCUT2D eigenvalue weighted by molar-refractivity contribution is 9.10. The second-order valence-electron chi connectivity index (χ2n) is 6.39. The maximum atomic E-state index is 12.2. The van der Waals surface area contributed by atoms with Crippen LogP contribution in [-0.4, -0.2) is 29.0 Å². The van der Waals surface area contributed by atoms with Crippen molar-refractivity contribution >= 4 is 43.6 Å². The fourth-order valence-corrected chi connectivity index (χ4v) is 3.65. The number of carbonyl (C=O) groups is 1. The lowest BCUT2D eigenvalue weighted by Crippen LogP contribution is -2.25. The molecule has 0 aliphatic carbocycles. The lowest BCUT2D eigenvalue weighted by Gasteiger charge is -2.07. The number of aromatic amines is 1. The molecule has 136 valence electrons. The molecule has 0 saturated carbocycles. The summed E-state index contributed by atoms with van der Waals surface area (Å²) in [7, 11) is 0. The monoisotopic (exact) mass is 422 g/mol. The summed E-state index contributed by atoms with van der Waals surface area (Å²) in [6.07, 6.45) is 0.762. The Balaban J connectivity index is 1.66. The molecule has 5 nitrogen and oxygen atoms in total. The zero-order chi connectivity index (χ0) is 18.8. The quantitative estimate of drug-likeness (QED) is 0.420. The Bertz CT molecular complexity index is 1080. The summed E-state index contributed by atoms with van der Waals surface area (Å²) in [6, 6.07) is 17.9. The molecule has 1 heterocycles. The molecule has 0 spiro atoms. The first kappa shape index (κ1) is 17.7. The van der Waals surface area contributed by atoms with Crippen LogP contribution in [-0.2, 0) is 0 Å². The number of benzene rings is 3. The normalized spacial score (nSPS) is 11.2. The molecule has 0 bridgehead atoms. The van der Waals surface area contributed by atoms with Gasteiger partial charge in [0.15, 0.2) is 0 Å². The summed E-state index contributed by atoms with van der Waals surface area (Å²) in [5, 5.41) is 5.19. The van der Waals surface area contributed by atoms with Gasteiger partial charge in [-0.2, -0.15) is 0 Å². The van der Waals surface area contributed by atoms with Crippen LogP contribution in [0.4, 0.5) is 0 Å². The van der Waals surface area contributed by atoms with Gasteiger partial charge in [-0.15, -0.1) is 0 Å². The van der Waals surface area contributed by atoms with Gasteiger partial charge in [0.25, 0.3) is 5.91 Å². The number of imidazole rings is 1. The average molecular weight is 423 g/mol. The van der Waals surface area contributed by atoms with E-state index in [0.717, 1.165) is 38.7 Å². The SMILES string of the molecule is NCCCNC(=O)c1ccc(-c2nc3cc4ccccc4cc3[nH]2)c(Br)c1. The number of nitrogens with two attached hydrogens (primary N) is 1. The minimum atomic E-state index is -0.105. The van der Waals surface area contributed by atoms with E-state index in [9.17, 15) is 4.79 Å². The molecule has 4 N–H and O–H groups in total. The van der Waals surface area contributed by atoms with Crippen molar-refractivity contribution in [3.63, 3.8) is 0 Å². The number of hydrogen-bond donors (Lipinski definition) is 3. The van der Waals surface area contributed by atoms with E-state index in [1.807, 2.05) is 30.3 Å². The number of carbonyl (C=O) groups excluding carboxylic acids is 1. The van der Waals surface area contributed by atoms with Crippen LogP contribution in [0.15, 0.2) is 59.1 Å². The van der Waals surface area contributed by atoms with Gasteiger partial charge in [-0.25, -0.2) is 4.98 Å². The zero-order valence-electron chi connectivity index (χ0n) is 14.6. The van der Waals surface area contributed by atoms with Gasteiger partial charge in [0.2, 0.25) is 0 Å². The standard InChI is InChI=1S/C21H19BrN4O/c22-17-10-15(21(27)24-9-3-8-23)6-7-16(17)20-25-18-11-13-4-1-2-5-14(13)12-19(18)26-20/h1-2,4-7,10-12H,3,8-9,23H2,(H,24,27)(H,25,26). The van der Waals surface area contributed by atoms with Crippen LogP contribution in [0.25, 0.3) is 33.2 Å². The highest BCUT2D eigenvalue weighted by Crippen LogP contribution is 2.30. The minimum absolute atomic E-state index is 0.105. The van der Waals surface area contributed by atoms with Gasteiger partial charge in [0.1, 0.15) is 5.82 Å². The van der Waals surface area contributed by atoms with Crippen LogP contribution in [0.3, 0.4) is 0 Å². The lowest BCUT2D eigenvalue weighted by atomic mass is 10.1. The number of hydrogen-bond acceptors (Lipinski definition) is 3. The molecule has 0 unspecified atom stereocenters. The number of rotatable bonds is 5. The Morgan fingerprint density at radius 2 is 1.89 bits per heavy atom. The van der Waals surface area contributed by atoms with Crippen LogP contribution >= 0.6 is 15.9 Å². The van der Waals surface area contributed by atoms with Gasteiger partial charge in [-0.05, 0) is 54.1 Å². The molecule has 4 rings (SSSR count). The average Bonchev–Trinajstić information content (AvgIpc) is 3.08. The molecular weight excluding hydrogens is 404 g/mol. The van der Waals surface area contributed by atoms with Crippen molar-refractivity contribution in [3.8, 4) is 11.4 Å². The number of aromatic nitrogens is 2. The van der Waals surface area contributed by atoms with Crippen molar-refractivity contribution in [3.05, 3.63) is 64.6 Å². The van der Waals surface area contributed by atoms with Crippen LogP contribution < -0.4 is 11.1 Å². The molecule has 0 aliphatic heterocycles. The van der Waals surface area contributed by atoms with Crippen LogP contribution in [0.1, 0.15) is 16.8 Å². The predicted molar refractivity (Wildman–Crippen MR) is 113 cm³/mol. The van der Waals surface area contributed by atoms with Crippen molar-refractivity contribution in [2.75, 3.05) is 13.1 Å². The van der Waals surface area contributed by atoms with E-state index in [0.29, 0.717) is 18.7 Å². The predicted octanol–water partition coefficient (Wildman–Crippen LogP) is 4.22. The van der Waals surface area contributed by atoms with E-state index in [-0.39, 0.29) is 5.91 Å². The van der Waals surface area contributed by atoms with E-state index in [4.69, 9.17) is 10.7 Å². The van der Waals surface area contributed by atoms with Crippen molar-refractivity contribution in [2.45, 2.75) is 6.42 Å². The summed E-state index contributed by atoms with van der Waals surface area (Å²) in [5.74, 6) is 0.661. The smallest absolute Gasteiger partial charge is 0.251 e.